The highest BCUT2D eigenvalue weighted by molar-refractivity contribution is 6.03. The predicted octanol–water partition coefficient (Wildman–Crippen LogP) is 2.24. The normalized spacial score (nSPS) is 17.0. The van der Waals surface area contributed by atoms with Crippen molar-refractivity contribution in [2.75, 3.05) is 12.4 Å². The number of carbonyl (C=O) groups excluding carboxylic acids is 1. The van der Waals surface area contributed by atoms with Crippen LogP contribution in [-0.4, -0.2) is 22.7 Å². The lowest BCUT2D eigenvalue weighted by molar-refractivity contribution is -0.117. The fraction of sp³-hybridized carbons (Fsp3) is 0.125. The van der Waals surface area contributed by atoms with Crippen LogP contribution in [0.15, 0.2) is 48.7 Å². The minimum Gasteiger partial charge on any atom is -0.324 e. The number of anilines is 1. The van der Waals surface area contributed by atoms with E-state index < -0.39 is 0 Å². The quantitative estimate of drug-likeness (QED) is 0.756. The van der Waals surface area contributed by atoms with Crippen molar-refractivity contribution in [3.05, 3.63) is 54.2 Å². The van der Waals surface area contributed by atoms with Gasteiger partial charge in [-0.3, -0.25) is 4.79 Å². The zero-order chi connectivity index (χ0) is 14.4. The van der Waals surface area contributed by atoms with Gasteiger partial charge < -0.3 is 10.6 Å². The van der Waals surface area contributed by atoms with E-state index in [1.54, 1.807) is 7.05 Å². The van der Waals surface area contributed by atoms with Crippen LogP contribution in [0.5, 0.6) is 0 Å². The molecule has 0 spiro atoms. The first kappa shape index (κ1) is 12.1. The molecule has 0 fully saturated rings. The van der Waals surface area contributed by atoms with E-state index in [1.807, 2.05) is 53.3 Å². The van der Waals surface area contributed by atoms with E-state index in [0.29, 0.717) is 0 Å². The van der Waals surface area contributed by atoms with Crippen LogP contribution in [0.4, 0.5) is 5.69 Å². The van der Waals surface area contributed by atoms with Crippen LogP contribution in [0.1, 0.15) is 11.6 Å². The highest BCUT2D eigenvalue weighted by Crippen LogP contribution is 2.32. The van der Waals surface area contributed by atoms with Gasteiger partial charge in [-0.25, -0.2) is 4.68 Å². The Labute approximate surface area is 121 Å². The van der Waals surface area contributed by atoms with E-state index in [2.05, 4.69) is 15.7 Å². The number of likely N-dealkylation sites (N-methyl/N-ethyl adjacent to an activating group) is 1. The fourth-order valence-electron chi connectivity index (χ4n) is 2.85. The maximum absolute atomic E-state index is 11.9. The summed E-state index contributed by atoms with van der Waals surface area (Å²) in [6.07, 6.45) is 1.84. The van der Waals surface area contributed by atoms with Crippen molar-refractivity contribution in [2.45, 2.75) is 6.04 Å². The number of hydrogen-bond acceptors (Lipinski definition) is 3. The molecular formula is C16H14N4O. The van der Waals surface area contributed by atoms with Gasteiger partial charge in [0.15, 0.2) is 0 Å². The van der Waals surface area contributed by atoms with E-state index >= 15 is 0 Å². The molecule has 2 aromatic carbocycles. The van der Waals surface area contributed by atoms with Gasteiger partial charge in [0.2, 0.25) is 5.91 Å². The summed E-state index contributed by atoms with van der Waals surface area (Å²) in [5.74, 6) is -0.0185. The van der Waals surface area contributed by atoms with E-state index in [1.165, 1.54) is 0 Å². The average molecular weight is 278 g/mol. The minimum atomic E-state index is -0.275. The second kappa shape index (κ2) is 4.43. The van der Waals surface area contributed by atoms with Crippen molar-refractivity contribution < 1.29 is 4.79 Å². The molecule has 1 unspecified atom stereocenters. The number of rotatable bonds is 2. The first-order valence-electron chi connectivity index (χ1n) is 6.83. The number of hydrogen-bond donors (Lipinski definition) is 2. The van der Waals surface area contributed by atoms with Crippen LogP contribution >= 0.6 is 0 Å². The number of carbonyl (C=O) groups is 1. The number of benzene rings is 2. The third kappa shape index (κ3) is 1.75. The molecule has 5 nitrogen and oxygen atoms in total. The monoisotopic (exact) mass is 278 g/mol. The molecule has 0 saturated heterocycles. The van der Waals surface area contributed by atoms with Crippen LogP contribution in [-0.2, 0) is 4.79 Å². The van der Waals surface area contributed by atoms with Crippen LogP contribution in [0.3, 0.4) is 0 Å². The Balaban J connectivity index is 1.85. The molecule has 4 rings (SSSR count). The summed E-state index contributed by atoms with van der Waals surface area (Å²) in [7, 11) is 1.79. The molecule has 104 valence electrons. The second-order valence-corrected chi connectivity index (χ2v) is 5.10. The van der Waals surface area contributed by atoms with Gasteiger partial charge in [-0.05, 0) is 25.2 Å². The van der Waals surface area contributed by atoms with Crippen LogP contribution < -0.4 is 10.6 Å². The van der Waals surface area contributed by atoms with Gasteiger partial charge in [-0.2, -0.15) is 5.10 Å². The van der Waals surface area contributed by atoms with Crippen LogP contribution in [0.2, 0.25) is 0 Å². The summed E-state index contributed by atoms with van der Waals surface area (Å²) in [6.45, 7) is 0. The van der Waals surface area contributed by atoms with E-state index in [9.17, 15) is 4.79 Å². The zero-order valence-corrected chi connectivity index (χ0v) is 11.5. The van der Waals surface area contributed by atoms with Gasteiger partial charge >= 0.3 is 0 Å². The highest BCUT2D eigenvalue weighted by atomic mass is 16.2. The summed E-state index contributed by atoms with van der Waals surface area (Å²) in [5.41, 5.74) is 3.80. The van der Waals surface area contributed by atoms with Gasteiger partial charge in [0.05, 0.1) is 17.4 Å². The topological polar surface area (TPSA) is 59.0 Å². The third-order valence-electron chi connectivity index (χ3n) is 3.88. The largest absolute Gasteiger partial charge is 0.324 e. The van der Waals surface area contributed by atoms with Crippen molar-refractivity contribution in [1.82, 2.24) is 15.1 Å². The first-order valence-corrected chi connectivity index (χ1v) is 6.83. The van der Waals surface area contributed by atoms with Crippen LogP contribution in [0, 0.1) is 0 Å². The Kier molecular flexibility index (Phi) is 2.55. The lowest BCUT2D eigenvalue weighted by Gasteiger charge is -2.08. The number of aromatic nitrogens is 2. The van der Waals surface area contributed by atoms with Crippen molar-refractivity contribution >= 4 is 22.5 Å². The van der Waals surface area contributed by atoms with Crippen molar-refractivity contribution in [1.29, 1.82) is 0 Å². The molecule has 0 bridgehead atoms. The van der Waals surface area contributed by atoms with Gasteiger partial charge in [-0.1, -0.05) is 24.3 Å². The summed E-state index contributed by atoms with van der Waals surface area (Å²) < 4.78 is 1.88. The summed E-state index contributed by atoms with van der Waals surface area (Å²) in [6, 6.07) is 13.7. The minimum absolute atomic E-state index is 0.0185. The molecule has 1 amide bonds. The molecule has 3 aromatic rings. The molecule has 1 atom stereocenters. The van der Waals surface area contributed by atoms with Gasteiger partial charge in [-0.15, -0.1) is 0 Å². The number of nitrogens with one attached hydrogen (secondary N) is 2. The summed E-state index contributed by atoms with van der Waals surface area (Å²) >= 11 is 0. The number of nitrogens with zero attached hydrogens (tertiary/aromatic N) is 2. The number of amides is 1. The molecule has 2 N–H and O–H groups in total. The third-order valence-corrected chi connectivity index (χ3v) is 3.88. The molecule has 1 aliphatic heterocycles. The zero-order valence-electron chi connectivity index (χ0n) is 11.5. The molecule has 2 heterocycles. The molecule has 1 aromatic heterocycles. The Morgan fingerprint density at radius 3 is 2.95 bits per heavy atom. The Hall–Kier alpha value is -2.66. The van der Waals surface area contributed by atoms with Crippen molar-refractivity contribution in [2.24, 2.45) is 0 Å². The maximum Gasteiger partial charge on any atom is 0.246 e. The van der Waals surface area contributed by atoms with Crippen molar-refractivity contribution in [3.63, 3.8) is 0 Å². The number of para-hydroxylation sites is 1. The Morgan fingerprint density at radius 1 is 1.24 bits per heavy atom. The second-order valence-electron chi connectivity index (χ2n) is 5.10. The smallest absolute Gasteiger partial charge is 0.246 e. The molecule has 5 heteroatoms. The lowest BCUT2D eigenvalue weighted by Crippen LogP contribution is -2.23. The summed E-state index contributed by atoms with van der Waals surface area (Å²) in [4.78, 5) is 11.9. The highest BCUT2D eigenvalue weighted by Gasteiger charge is 2.29. The standard InChI is InChI=1S/C16H14N4O/c1-17-15-12-7-6-11(8-13(12)19-16(15)21)20-14-5-3-2-4-10(14)9-18-20/h2-9,15,17H,1H3,(H,19,21). The van der Waals surface area contributed by atoms with Gasteiger partial charge in [0, 0.05) is 16.6 Å². The summed E-state index contributed by atoms with van der Waals surface area (Å²) in [5, 5.41) is 11.5. The molecular weight excluding hydrogens is 264 g/mol. The predicted molar refractivity (Wildman–Crippen MR) is 81.5 cm³/mol. The van der Waals surface area contributed by atoms with E-state index in [-0.39, 0.29) is 11.9 Å². The SMILES string of the molecule is CNC1C(=O)Nc2cc(-n3ncc4ccccc43)ccc21. The van der Waals surface area contributed by atoms with Gasteiger partial charge in [0.25, 0.3) is 0 Å². The maximum atomic E-state index is 11.9. The fourth-order valence-corrected chi connectivity index (χ4v) is 2.85. The molecule has 0 aliphatic carbocycles. The molecule has 21 heavy (non-hydrogen) atoms. The molecule has 0 saturated carbocycles. The average Bonchev–Trinajstić information content (AvgIpc) is 3.06. The molecule has 0 radical (unpaired) electrons. The van der Waals surface area contributed by atoms with Crippen molar-refractivity contribution in [3.8, 4) is 5.69 Å². The van der Waals surface area contributed by atoms with E-state index in [4.69, 9.17) is 0 Å². The van der Waals surface area contributed by atoms with Gasteiger partial charge in [0.1, 0.15) is 6.04 Å². The Bertz CT molecular complexity index is 852. The lowest BCUT2D eigenvalue weighted by atomic mass is 10.1. The van der Waals surface area contributed by atoms with Crippen LogP contribution in [0.25, 0.3) is 16.6 Å². The number of fused-ring (bicyclic) bond motifs is 2. The van der Waals surface area contributed by atoms with E-state index in [0.717, 1.165) is 27.8 Å². The Morgan fingerprint density at radius 2 is 2.10 bits per heavy atom. The first-order chi connectivity index (χ1) is 10.3. The molecule has 1 aliphatic rings.